The Bertz CT molecular complexity index is 554. The molecule has 1 atom stereocenters. The summed E-state index contributed by atoms with van der Waals surface area (Å²) in [7, 11) is 1.49. The SMILES string of the molecule is COc1cc(C(=O)N[C@H](C(=O)O)C(C)C)ccc1OCC(C)C. The van der Waals surface area contributed by atoms with Crippen LogP contribution in [-0.4, -0.2) is 36.7 Å². The van der Waals surface area contributed by atoms with Gasteiger partial charge in [0, 0.05) is 5.56 Å². The van der Waals surface area contributed by atoms with Crippen molar-refractivity contribution in [2.24, 2.45) is 11.8 Å². The van der Waals surface area contributed by atoms with Crippen LogP contribution >= 0.6 is 0 Å². The number of carbonyl (C=O) groups excluding carboxylic acids is 1. The molecule has 0 aliphatic rings. The van der Waals surface area contributed by atoms with E-state index in [1.807, 2.05) is 13.8 Å². The van der Waals surface area contributed by atoms with Gasteiger partial charge in [-0.2, -0.15) is 0 Å². The zero-order chi connectivity index (χ0) is 17.6. The summed E-state index contributed by atoms with van der Waals surface area (Å²) in [5.41, 5.74) is 0.325. The van der Waals surface area contributed by atoms with Crippen LogP contribution in [0.5, 0.6) is 11.5 Å². The van der Waals surface area contributed by atoms with Crippen LogP contribution in [0.4, 0.5) is 0 Å². The van der Waals surface area contributed by atoms with Gasteiger partial charge in [-0.05, 0) is 30.0 Å². The average Bonchev–Trinajstić information content (AvgIpc) is 2.49. The maximum absolute atomic E-state index is 12.2. The predicted octanol–water partition coefficient (Wildman–Crippen LogP) is 2.57. The number of methoxy groups -OCH3 is 1. The molecule has 6 nitrogen and oxygen atoms in total. The summed E-state index contributed by atoms with van der Waals surface area (Å²) in [5, 5.41) is 11.7. The zero-order valence-electron chi connectivity index (χ0n) is 14.3. The third-order valence-corrected chi connectivity index (χ3v) is 3.22. The molecule has 0 unspecified atom stereocenters. The minimum atomic E-state index is -1.06. The standard InChI is InChI=1S/C17H25NO5/c1-10(2)9-23-13-7-6-12(8-14(13)22-5)16(19)18-15(11(3)4)17(20)21/h6-8,10-11,15H,9H2,1-5H3,(H,18,19)(H,20,21)/t15-/m0/s1. The number of nitrogens with one attached hydrogen (secondary N) is 1. The van der Waals surface area contributed by atoms with Crippen molar-refractivity contribution in [3.63, 3.8) is 0 Å². The summed E-state index contributed by atoms with van der Waals surface area (Å²) in [4.78, 5) is 23.4. The van der Waals surface area contributed by atoms with Crippen LogP contribution in [0.2, 0.25) is 0 Å². The number of ether oxygens (including phenoxy) is 2. The van der Waals surface area contributed by atoms with Gasteiger partial charge in [0.25, 0.3) is 5.91 Å². The number of carboxylic acids is 1. The first-order chi connectivity index (χ1) is 10.8. The number of hydrogen-bond acceptors (Lipinski definition) is 4. The van der Waals surface area contributed by atoms with Gasteiger partial charge in [-0.25, -0.2) is 4.79 Å². The van der Waals surface area contributed by atoms with Crippen LogP contribution in [0.15, 0.2) is 18.2 Å². The summed E-state index contributed by atoms with van der Waals surface area (Å²) in [6.07, 6.45) is 0. The van der Waals surface area contributed by atoms with E-state index in [2.05, 4.69) is 5.32 Å². The Morgan fingerprint density at radius 1 is 1.17 bits per heavy atom. The lowest BCUT2D eigenvalue weighted by atomic mass is 10.0. The van der Waals surface area contributed by atoms with E-state index in [4.69, 9.17) is 14.6 Å². The first-order valence-corrected chi connectivity index (χ1v) is 7.60. The van der Waals surface area contributed by atoms with Crippen molar-refractivity contribution in [1.29, 1.82) is 0 Å². The lowest BCUT2D eigenvalue weighted by Gasteiger charge is -2.18. The fraction of sp³-hybridized carbons (Fsp3) is 0.529. The van der Waals surface area contributed by atoms with E-state index < -0.39 is 17.9 Å². The van der Waals surface area contributed by atoms with Crippen molar-refractivity contribution >= 4 is 11.9 Å². The molecule has 6 heteroatoms. The first-order valence-electron chi connectivity index (χ1n) is 7.60. The molecule has 1 rings (SSSR count). The van der Waals surface area contributed by atoms with Gasteiger partial charge in [0.2, 0.25) is 0 Å². The first kappa shape index (κ1) is 18.8. The van der Waals surface area contributed by atoms with Gasteiger partial charge in [-0.3, -0.25) is 4.79 Å². The van der Waals surface area contributed by atoms with Crippen LogP contribution in [0, 0.1) is 11.8 Å². The van der Waals surface area contributed by atoms with Gasteiger partial charge < -0.3 is 19.9 Å². The molecule has 128 valence electrons. The minimum Gasteiger partial charge on any atom is -0.493 e. The van der Waals surface area contributed by atoms with E-state index in [1.165, 1.54) is 7.11 Å². The molecule has 0 saturated carbocycles. The average molecular weight is 323 g/mol. The molecule has 0 bridgehead atoms. The van der Waals surface area contributed by atoms with Gasteiger partial charge in [0.1, 0.15) is 6.04 Å². The molecule has 1 aromatic carbocycles. The topological polar surface area (TPSA) is 84.9 Å². The normalized spacial score (nSPS) is 12.1. The molecule has 23 heavy (non-hydrogen) atoms. The van der Waals surface area contributed by atoms with Crippen molar-refractivity contribution in [3.05, 3.63) is 23.8 Å². The highest BCUT2D eigenvalue weighted by Gasteiger charge is 2.24. The Labute approximate surface area is 136 Å². The summed E-state index contributed by atoms with van der Waals surface area (Å²) < 4.78 is 10.9. The van der Waals surface area contributed by atoms with E-state index >= 15 is 0 Å². The van der Waals surface area contributed by atoms with E-state index in [0.717, 1.165) is 0 Å². The molecule has 0 saturated heterocycles. The highest BCUT2D eigenvalue weighted by atomic mass is 16.5. The van der Waals surface area contributed by atoms with Crippen LogP contribution in [0.1, 0.15) is 38.1 Å². The zero-order valence-corrected chi connectivity index (χ0v) is 14.3. The molecule has 2 N–H and O–H groups in total. The number of benzene rings is 1. The summed E-state index contributed by atoms with van der Waals surface area (Å²) >= 11 is 0. The molecule has 0 aliphatic heterocycles. The number of amides is 1. The van der Waals surface area contributed by atoms with Crippen molar-refractivity contribution < 1.29 is 24.2 Å². The van der Waals surface area contributed by atoms with Crippen molar-refractivity contribution in [3.8, 4) is 11.5 Å². The minimum absolute atomic E-state index is 0.216. The smallest absolute Gasteiger partial charge is 0.326 e. The van der Waals surface area contributed by atoms with Gasteiger partial charge in [0.15, 0.2) is 11.5 Å². The third-order valence-electron chi connectivity index (χ3n) is 3.22. The summed E-state index contributed by atoms with van der Waals surface area (Å²) in [5.74, 6) is -0.375. The van der Waals surface area contributed by atoms with Gasteiger partial charge in [-0.1, -0.05) is 27.7 Å². The highest BCUT2D eigenvalue weighted by molar-refractivity contribution is 5.97. The van der Waals surface area contributed by atoms with Crippen molar-refractivity contribution in [1.82, 2.24) is 5.32 Å². The van der Waals surface area contributed by atoms with Gasteiger partial charge in [-0.15, -0.1) is 0 Å². The van der Waals surface area contributed by atoms with Gasteiger partial charge in [0.05, 0.1) is 13.7 Å². The fourth-order valence-electron chi connectivity index (χ4n) is 1.92. The number of hydrogen-bond donors (Lipinski definition) is 2. The lowest BCUT2D eigenvalue weighted by Crippen LogP contribution is -2.44. The molecule has 0 aliphatic carbocycles. The number of aliphatic carboxylic acids is 1. The number of carbonyl (C=O) groups is 2. The number of rotatable bonds is 8. The Balaban J connectivity index is 2.91. The maximum atomic E-state index is 12.2. The summed E-state index contributed by atoms with van der Waals surface area (Å²) in [6, 6.07) is 3.85. The molecule has 0 aromatic heterocycles. The van der Waals surface area contributed by atoms with E-state index in [1.54, 1.807) is 32.0 Å². The predicted molar refractivity (Wildman–Crippen MR) is 87.1 cm³/mol. The van der Waals surface area contributed by atoms with E-state index in [9.17, 15) is 9.59 Å². The second-order valence-electron chi connectivity index (χ2n) is 6.10. The van der Waals surface area contributed by atoms with E-state index in [0.29, 0.717) is 29.6 Å². The van der Waals surface area contributed by atoms with Gasteiger partial charge >= 0.3 is 5.97 Å². The van der Waals surface area contributed by atoms with E-state index in [-0.39, 0.29) is 5.92 Å². The monoisotopic (exact) mass is 323 g/mol. The fourth-order valence-corrected chi connectivity index (χ4v) is 1.92. The van der Waals surface area contributed by atoms with Crippen molar-refractivity contribution in [2.75, 3.05) is 13.7 Å². The Morgan fingerprint density at radius 2 is 1.83 bits per heavy atom. The largest absolute Gasteiger partial charge is 0.493 e. The Morgan fingerprint density at radius 3 is 2.30 bits per heavy atom. The summed E-state index contributed by atoms with van der Waals surface area (Å²) in [6.45, 7) is 8.08. The molecule has 1 amide bonds. The molecule has 0 heterocycles. The number of carboxylic acid groups (broad SMARTS) is 1. The third kappa shape index (κ3) is 5.47. The second kappa shape index (κ2) is 8.41. The molecule has 0 fully saturated rings. The van der Waals surface area contributed by atoms with Crippen LogP contribution < -0.4 is 14.8 Å². The van der Waals surface area contributed by atoms with Crippen molar-refractivity contribution in [2.45, 2.75) is 33.7 Å². The van der Waals surface area contributed by atoms with Crippen LogP contribution in [-0.2, 0) is 4.79 Å². The second-order valence-corrected chi connectivity index (χ2v) is 6.10. The van der Waals surface area contributed by atoms with Crippen LogP contribution in [0.3, 0.4) is 0 Å². The quantitative estimate of drug-likeness (QED) is 0.768. The molecular weight excluding hydrogens is 298 g/mol. The molecule has 0 spiro atoms. The lowest BCUT2D eigenvalue weighted by molar-refractivity contribution is -0.140. The van der Waals surface area contributed by atoms with Crippen LogP contribution in [0.25, 0.3) is 0 Å². The molecule has 1 aromatic rings. The molecule has 0 radical (unpaired) electrons. The highest BCUT2D eigenvalue weighted by Crippen LogP contribution is 2.28. The maximum Gasteiger partial charge on any atom is 0.326 e. The molecular formula is C17H25NO5. The Hall–Kier alpha value is -2.24. The Kier molecular flexibility index (Phi) is 6.88.